The Morgan fingerprint density at radius 3 is 2.38 bits per heavy atom. The lowest BCUT2D eigenvalue weighted by atomic mass is 9.96. The smallest absolute Gasteiger partial charge is 0.282 e. The number of aryl methyl sites for hydroxylation is 1. The zero-order chi connectivity index (χ0) is 29.8. The second-order valence-electron chi connectivity index (χ2n) is 10.2. The van der Waals surface area contributed by atoms with E-state index in [1.165, 1.54) is 4.68 Å². The topological polar surface area (TPSA) is 74.9 Å². The van der Waals surface area contributed by atoms with Crippen molar-refractivity contribution in [2.75, 3.05) is 14.2 Å². The third kappa shape index (κ3) is 6.09. The SMILES string of the molecule is COc1cc(C=Nn2c(-c3cc(C(C)C)c(OC)cc3C)nc3ccccc3c2=O)ccc1OCc1ccc(Br)cc1. The number of benzene rings is 4. The van der Waals surface area contributed by atoms with Gasteiger partial charge in [0.15, 0.2) is 17.3 Å². The minimum atomic E-state index is -0.255. The summed E-state index contributed by atoms with van der Waals surface area (Å²) in [6.45, 7) is 6.60. The number of fused-ring (bicyclic) bond motifs is 1. The van der Waals surface area contributed by atoms with Gasteiger partial charge in [0.25, 0.3) is 5.56 Å². The molecule has 5 rings (SSSR count). The van der Waals surface area contributed by atoms with Crippen LogP contribution in [-0.4, -0.2) is 30.1 Å². The van der Waals surface area contributed by atoms with Gasteiger partial charge in [-0.25, -0.2) is 4.98 Å². The van der Waals surface area contributed by atoms with E-state index < -0.39 is 0 Å². The van der Waals surface area contributed by atoms with Gasteiger partial charge in [-0.3, -0.25) is 4.79 Å². The molecule has 7 nitrogen and oxygen atoms in total. The van der Waals surface area contributed by atoms with Gasteiger partial charge in [-0.15, -0.1) is 0 Å². The summed E-state index contributed by atoms with van der Waals surface area (Å²) >= 11 is 3.45. The highest BCUT2D eigenvalue weighted by Gasteiger charge is 2.18. The second-order valence-corrected chi connectivity index (χ2v) is 11.1. The van der Waals surface area contributed by atoms with Crippen molar-refractivity contribution in [1.29, 1.82) is 0 Å². The van der Waals surface area contributed by atoms with Gasteiger partial charge < -0.3 is 14.2 Å². The minimum Gasteiger partial charge on any atom is -0.496 e. The summed E-state index contributed by atoms with van der Waals surface area (Å²) < 4.78 is 19.6. The van der Waals surface area contributed by atoms with Crippen molar-refractivity contribution in [3.05, 3.63) is 116 Å². The standard InChI is InChI=1S/C34H32BrN3O4/c1-21(2)27-18-28(22(3)16-31(27)40-4)33-37-29-9-7-6-8-26(29)34(39)38(33)36-19-24-12-15-30(32(17-24)41-5)42-20-23-10-13-25(35)14-11-23/h6-19,21H,20H2,1-5H3. The molecule has 0 fully saturated rings. The van der Waals surface area contributed by atoms with Crippen LogP contribution in [0.2, 0.25) is 0 Å². The number of ether oxygens (including phenoxy) is 3. The predicted molar refractivity (Wildman–Crippen MR) is 171 cm³/mol. The third-order valence-electron chi connectivity index (χ3n) is 7.01. The van der Waals surface area contributed by atoms with Gasteiger partial charge in [0, 0.05) is 10.0 Å². The van der Waals surface area contributed by atoms with Crippen molar-refractivity contribution < 1.29 is 14.2 Å². The quantitative estimate of drug-likeness (QED) is 0.157. The Morgan fingerprint density at radius 2 is 1.67 bits per heavy atom. The molecule has 0 aliphatic rings. The summed E-state index contributed by atoms with van der Waals surface area (Å²) in [7, 11) is 3.26. The van der Waals surface area contributed by atoms with E-state index in [4.69, 9.17) is 19.2 Å². The molecule has 0 aliphatic carbocycles. The summed E-state index contributed by atoms with van der Waals surface area (Å²) in [6, 6.07) is 24.8. The molecule has 0 N–H and O–H groups in total. The molecule has 42 heavy (non-hydrogen) atoms. The fourth-order valence-corrected chi connectivity index (χ4v) is 4.99. The Morgan fingerprint density at radius 1 is 0.929 bits per heavy atom. The Balaban J connectivity index is 1.55. The molecule has 0 aliphatic heterocycles. The van der Waals surface area contributed by atoms with Crippen LogP contribution >= 0.6 is 15.9 Å². The van der Waals surface area contributed by atoms with Gasteiger partial charge in [-0.05, 0) is 89.7 Å². The van der Waals surface area contributed by atoms with Crippen LogP contribution in [0.4, 0.5) is 0 Å². The fourth-order valence-electron chi connectivity index (χ4n) is 4.72. The number of methoxy groups -OCH3 is 2. The van der Waals surface area contributed by atoms with Crippen molar-refractivity contribution in [2.24, 2.45) is 5.10 Å². The van der Waals surface area contributed by atoms with E-state index in [0.29, 0.717) is 34.8 Å². The molecule has 0 unspecified atom stereocenters. The first-order valence-electron chi connectivity index (χ1n) is 13.6. The lowest BCUT2D eigenvalue weighted by molar-refractivity contribution is 0.284. The second kappa shape index (κ2) is 12.6. The number of para-hydroxylation sites is 1. The Bertz CT molecular complexity index is 1830. The normalized spacial score (nSPS) is 11.4. The number of halogens is 1. The van der Waals surface area contributed by atoms with E-state index >= 15 is 0 Å². The monoisotopic (exact) mass is 625 g/mol. The zero-order valence-corrected chi connectivity index (χ0v) is 25.8. The maximum Gasteiger partial charge on any atom is 0.282 e. The molecule has 8 heteroatoms. The average Bonchev–Trinajstić information content (AvgIpc) is 3.00. The van der Waals surface area contributed by atoms with E-state index in [-0.39, 0.29) is 11.5 Å². The summed E-state index contributed by atoms with van der Waals surface area (Å²) in [5.41, 5.74) is 4.90. The molecule has 0 spiro atoms. The fraction of sp³-hybridized carbons (Fsp3) is 0.206. The van der Waals surface area contributed by atoms with Crippen LogP contribution in [0.3, 0.4) is 0 Å². The van der Waals surface area contributed by atoms with Gasteiger partial charge in [0.05, 0.1) is 31.3 Å². The van der Waals surface area contributed by atoms with Gasteiger partial charge >= 0.3 is 0 Å². The summed E-state index contributed by atoms with van der Waals surface area (Å²) in [5, 5.41) is 5.14. The molecule has 0 radical (unpaired) electrons. The van der Waals surface area contributed by atoms with Crippen molar-refractivity contribution in [3.63, 3.8) is 0 Å². The number of aromatic nitrogens is 2. The first kappa shape index (κ1) is 29.1. The van der Waals surface area contributed by atoms with Crippen LogP contribution in [0.15, 0.2) is 93.2 Å². The van der Waals surface area contributed by atoms with Crippen LogP contribution in [0.5, 0.6) is 17.2 Å². The van der Waals surface area contributed by atoms with Crippen molar-refractivity contribution >= 4 is 33.0 Å². The zero-order valence-electron chi connectivity index (χ0n) is 24.2. The van der Waals surface area contributed by atoms with Crippen molar-refractivity contribution in [2.45, 2.75) is 33.3 Å². The van der Waals surface area contributed by atoms with Gasteiger partial charge in [0.2, 0.25) is 0 Å². The van der Waals surface area contributed by atoms with Crippen LogP contribution in [0.1, 0.15) is 42.0 Å². The molecule has 1 aromatic heterocycles. The van der Waals surface area contributed by atoms with E-state index in [1.807, 2.05) is 79.7 Å². The Kier molecular flexibility index (Phi) is 8.73. The molecule has 1 heterocycles. The van der Waals surface area contributed by atoms with E-state index in [0.717, 1.165) is 38.0 Å². The number of hydrogen-bond donors (Lipinski definition) is 0. The number of hydrogen-bond acceptors (Lipinski definition) is 6. The van der Waals surface area contributed by atoms with Crippen molar-refractivity contribution in [3.8, 4) is 28.6 Å². The van der Waals surface area contributed by atoms with Crippen LogP contribution in [0.25, 0.3) is 22.3 Å². The number of rotatable bonds is 9. The molecular formula is C34H32BrN3O4. The van der Waals surface area contributed by atoms with E-state index in [2.05, 4.69) is 34.9 Å². The van der Waals surface area contributed by atoms with Gasteiger partial charge in [0.1, 0.15) is 12.4 Å². The van der Waals surface area contributed by atoms with Crippen LogP contribution in [0, 0.1) is 6.92 Å². The first-order valence-corrected chi connectivity index (χ1v) is 14.4. The highest BCUT2D eigenvalue weighted by molar-refractivity contribution is 9.10. The number of nitrogens with zero attached hydrogens (tertiary/aromatic N) is 3. The molecular weight excluding hydrogens is 594 g/mol. The largest absolute Gasteiger partial charge is 0.496 e. The summed E-state index contributed by atoms with van der Waals surface area (Å²) in [6.07, 6.45) is 1.63. The maximum atomic E-state index is 13.8. The molecule has 0 atom stereocenters. The average molecular weight is 627 g/mol. The maximum absolute atomic E-state index is 13.8. The highest BCUT2D eigenvalue weighted by Crippen LogP contribution is 2.34. The van der Waals surface area contributed by atoms with Gasteiger partial charge in [-0.1, -0.05) is 54.0 Å². The molecule has 0 bridgehead atoms. The van der Waals surface area contributed by atoms with Gasteiger partial charge in [-0.2, -0.15) is 9.78 Å². The lowest BCUT2D eigenvalue weighted by Gasteiger charge is -2.17. The first-order chi connectivity index (χ1) is 20.3. The Labute approximate surface area is 253 Å². The molecule has 0 saturated carbocycles. The van der Waals surface area contributed by atoms with E-state index in [1.54, 1.807) is 26.5 Å². The Hall–Kier alpha value is -4.43. The molecule has 0 saturated heterocycles. The highest BCUT2D eigenvalue weighted by atomic mass is 79.9. The molecule has 214 valence electrons. The lowest BCUT2D eigenvalue weighted by Crippen LogP contribution is -2.20. The van der Waals surface area contributed by atoms with Crippen LogP contribution < -0.4 is 19.8 Å². The van der Waals surface area contributed by atoms with Crippen molar-refractivity contribution in [1.82, 2.24) is 9.66 Å². The molecule has 0 amide bonds. The predicted octanol–water partition coefficient (Wildman–Crippen LogP) is 7.74. The molecule has 5 aromatic rings. The van der Waals surface area contributed by atoms with E-state index in [9.17, 15) is 4.79 Å². The third-order valence-corrected chi connectivity index (χ3v) is 7.54. The summed E-state index contributed by atoms with van der Waals surface area (Å²) in [4.78, 5) is 18.7. The van der Waals surface area contributed by atoms with Crippen LogP contribution in [-0.2, 0) is 6.61 Å². The molecule has 4 aromatic carbocycles. The minimum absolute atomic E-state index is 0.209. The summed E-state index contributed by atoms with van der Waals surface area (Å²) in [5.74, 6) is 2.64.